The number of carboxylic acids is 1. The van der Waals surface area contributed by atoms with Crippen LogP contribution in [-0.4, -0.2) is 37.2 Å². The van der Waals surface area contributed by atoms with E-state index in [1.165, 1.54) is 12.3 Å². The Bertz CT molecular complexity index is 476. The molecule has 0 aliphatic rings. The average Bonchev–Trinajstić information content (AvgIpc) is 2.64. The Labute approximate surface area is 96.6 Å². The first-order chi connectivity index (χ1) is 7.33. The van der Waals surface area contributed by atoms with Crippen molar-refractivity contribution >= 4 is 27.3 Å². The summed E-state index contributed by atoms with van der Waals surface area (Å²) in [4.78, 5) is 10.4. The van der Waals surface area contributed by atoms with Crippen LogP contribution in [0.2, 0.25) is 0 Å². The third kappa shape index (κ3) is 3.27. The van der Waals surface area contributed by atoms with Gasteiger partial charge in [-0.3, -0.25) is 0 Å². The third-order valence-electron chi connectivity index (χ3n) is 1.67. The molecule has 0 unspecified atom stereocenters. The maximum atomic E-state index is 11.6. The maximum absolute atomic E-state index is 11.6. The van der Waals surface area contributed by atoms with E-state index in [2.05, 4.69) is 4.72 Å². The number of hydrogen-bond acceptors (Lipinski definition) is 5. The summed E-state index contributed by atoms with van der Waals surface area (Å²) in [5.74, 6) is -1.16. The molecule has 0 spiro atoms. The molecule has 90 valence electrons. The molecule has 8 heteroatoms. The summed E-state index contributed by atoms with van der Waals surface area (Å²) in [6.45, 7) is 1.33. The molecule has 3 N–H and O–H groups in total. The molecular weight excluding hydrogens is 254 g/mol. The van der Waals surface area contributed by atoms with Crippen LogP contribution in [0.5, 0.6) is 0 Å². The number of thiophene rings is 1. The quantitative estimate of drug-likeness (QED) is 0.700. The molecule has 0 aromatic carbocycles. The van der Waals surface area contributed by atoms with Crippen LogP contribution in [0.4, 0.5) is 0 Å². The van der Waals surface area contributed by atoms with Crippen LogP contribution < -0.4 is 4.72 Å². The number of aliphatic hydroxyl groups is 1. The number of carboxylic acid groups (broad SMARTS) is 1. The van der Waals surface area contributed by atoms with Gasteiger partial charge in [0.1, 0.15) is 4.88 Å². The fourth-order valence-electron chi connectivity index (χ4n) is 0.886. The Morgan fingerprint density at radius 1 is 1.62 bits per heavy atom. The van der Waals surface area contributed by atoms with E-state index in [1.54, 1.807) is 0 Å². The molecule has 0 aliphatic heterocycles. The Balaban J connectivity index is 2.86. The first kappa shape index (κ1) is 13.1. The minimum absolute atomic E-state index is 0.0441. The largest absolute Gasteiger partial charge is 0.477 e. The Hall–Kier alpha value is -0.960. The van der Waals surface area contributed by atoms with E-state index < -0.39 is 22.1 Å². The lowest BCUT2D eigenvalue weighted by Crippen LogP contribution is -2.30. The first-order valence-electron chi connectivity index (χ1n) is 4.32. The van der Waals surface area contributed by atoms with Gasteiger partial charge in [-0.25, -0.2) is 17.9 Å². The number of aromatic carboxylic acids is 1. The standard InChI is InChI=1S/C8H11NO5S2/c1-5(10)3-9-16(13,14)6-2-7(8(11)12)15-4-6/h2,4-5,9-10H,3H2,1H3,(H,11,12)/t5-/m0/s1. The van der Waals surface area contributed by atoms with Gasteiger partial charge < -0.3 is 10.2 Å². The van der Waals surface area contributed by atoms with Crippen molar-refractivity contribution in [3.8, 4) is 0 Å². The van der Waals surface area contributed by atoms with Gasteiger partial charge in [-0.05, 0) is 13.0 Å². The normalized spacial score (nSPS) is 13.6. The van der Waals surface area contributed by atoms with Gasteiger partial charge >= 0.3 is 5.97 Å². The van der Waals surface area contributed by atoms with E-state index in [0.717, 1.165) is 17.4 Å². The first-order valence-corrected chi connectivity index (χ1v) is 6.69. The molecule has 0 fully saturated rings. The smallest absolute Gasteiger partial charge is 0.345 e. The molecule has 0 saturated heterocycles. The molecular formula is C8H11NO5S2. The van der Waals surface area contributed by atoms with E-state index >= 15 is 0 Å². The molecule has 1 atom stereocenters. The van der Waals surface area contributed by atoms with Gasteiger partial charge in [-0.1, -0.05) is 0 Å². The monoisotopic (exact) mass is 265 g/mol. The van der Waals surface area contributed by atoms with Gasteiger partial charge in [0.2, 0.25) is 10.0 Å². The Morgan fingerprint density at radius 2 is 2.25 bits per heavy atom. The number of sulfonamides is 1. The number of rotatable bonds is 5. The van der Waals surface area contributed by atoms with Crippen molar-refractivity contribution in [2.24, 2.45) is 0 Å². The lowest BCUT2D eigenvalue weighted by Gasteiger charge is -2.06. The lowest BCUT2D eigenvalue weighted by molar-refractivity contribution is 0.0702. The predicted octanol–water partition coefficient (Wildman–Crippen LogP) is 0.105. The topological polar surface area (TPSA) is 104 Å². The Kier molecular flexibility index (Phi) is 4.03. The molecule has 6 nitrogen and oxygen atoms in total. The summed E-state index contributed by atoms with van der Waals surface area (Å²) in [5, 5.41) is 18.8. The molecule has 0 saturated carbocycles. The minimum atomic E-state index is -3.73. The summed E-state index contributed by atoms with van der Waals surface area (Å²) >= 11 is 0.838. The Morgan fingerprint density at radius 3 is 2.69 bits per heavy atom. The van der Waals surface area contributed by atoms with E-state index in [-0.39, 0.29) is 16.3 Å². The van der Waals surface area contributed by atoms with E-state index in [1.807, 2.05) is 0 Å². The third-order valence-corrected chi connectivity index (χ3v) is 4.14. The lowest BCUT2D eigenvalue weighted by atomic mass is 10.4. The van der Waals surface area contributed by atoms with Crippen molar-refractivity contribution in [1.82, 2.24) is 4.72 Å². The maximum Gasteiger partial charge on any atom is 0.345 e. The zero-order valence-corrected chi connectivity index (χ0v) is 10.0. The summed E-state index contributed by atoms with van der Waals surface area (Å²) < 4.78 is 25.3. The van der Waals surface area contributed by atoms with Crippen molar-refractivity contribution in [2.75, 3.05) is 6.54 Å². The van der Waals surface area contributed by atoms with Crippen molar-refractivity contribution in [2.45, 2.75) is 17.9 Å². The molecule has 0 amide bonds. The van der Waals surface area contributed by atoms with Gasteiger partial charge in [-0.15, -0.1) is 11.3 Å². The number of aliphatic hydroxyl groups excluding tert-OH is 1. The highest BCUT2D eigenvalue weighted by Crippen LogP contribution is 2.18. The number of carbonyl (C=O) groups is 1. The van der Waals surface area contributed by atoms with Crippen LogP contribution in [0.3, 0.4) is 0 Å². The van der Waals surface area contributed by atoms with Gasteiger partial charge in [0.05, 0.1) is 11.0 Å². The summed E-state index contributed by atoms with van der Waals surface area (Å²) in [6.07, 6.45) is -0.799. The van der Waals surface area contributed by atoms with Crippen molar-refractivity contribution < 1.29 is 23.4 Å². The zero-order valence-electron chi connectivity index (χ0n) is 8.37. The van der Waals surface area contributed by atoms with E-state index in [9.17, 15) is 13.2 Å². The SMILES string of the molecule is C[C@H](O)CNS(=O)(=O)c1csc(C(=O)O)c1. The number of hydrogen-bond donors (Lipinski definition) is 3. The minimum Gasteiger partial charge on any atom is -0.477 e. The molecule has 1 heterocycles. The highest BCUT2D eigenvalue weighted by atomic mass is 32.2. The molecule has 16 heavy (non-hydrogen) atoms. The van der Waals surface area contributed by atoms with Crippen molar-refractivity contribution in [3.63, 3.8) is 0 Å². The molecule has 0 aliphatic carbocycles. The summed E-state index contributed by atoms with van der Waals surface area (Å²) in [6, 6.07) is 1.08. The van der Waals surface area contributed by atoms with Gasteiger partial charge in [0.25, 0.3) is 0 Å². The molecule has 1 aromatic rings. The van der Waals surface area contributed by atoms with Crippen LogP contribution in [0.1, 0.15) is 16.6 Å². The second-order valence-electron chi connectivity index (χ2n) is 3.15. The zero-order chi connectivity index (χ0) is 12.3. The second kappa shape index (κ2) is 4.91. The summed E-state index contributed by atoms with van der Waals surface area (Å²) in [7, 11) is -3.73. The fraction of sp³-hybridized carbons (Fsp3) is 0.375. The van der Waals surface area contributed by atoms with Crippen LogP contribution in [0, 0.1) is 0 Å². The number of nitrogens with one attached hydrogen (secondary N) is 1. The van der Waals surface area contributed by atoms with Crippen molar-refractivity contribution in [3.05, 3.63) is 16.3 Å². The van der Waals surface area contributed by atoms with Gasteiger partial charge in [0.15, 0.2) is 0 Å². The highest BCUT2D eigenvalue weighted by Gasteiger charge is 2.18. The van der Waals surface area contributed by atoms with Crippen LogP contribution in [0.15, 0.2) is 16.3 Å². The highest BCUT2D eigenvalue weighted by molar-refractivity contribution is 7.89. The van der Waals surface area contributed by atoms with E-state index in [0.29, 0.717) is 0 Å². The summed E-state index contributed by atoms with van der Waals surface area (Å²) in [5.41, 5.74) is 0. The average molecular weight is 265 g/mol. The molecule has 1 rings (SSSR count). The van der Waals surface area contributed by atoms with Gasteiger partial charge in [0, 0.05) is 11.9 Å². The van der Waals surface area contributed by atoms with Gasteiger partial charge in [-0.2, -0.15) is 0 Å². The predicted molar refractivity (Wildman–Crippen MR) is 58.1 cm³/mol. The van der Waals surface area contributed by atoms with Crippen LogP contribution in [-0.2, 0) is 10.0 Å². The van der Waals surface area contributed by atoms with Crippen molar-refractivity contribution in [1.29, 1.82) is 0 Å². The second-order valence-corrected chi connectivity index (χ2v) is 5.83. The molecule has 1 aromatic heterocycles. The van der Waals surface area contributed by atoms with E-state index in [4.69, 9.17) is 10.2 Å². The molecule has 0 radical (unpaired) electrons. The van der Waals surface area contributed by atoms with Crippen LogP contribution in [0.25, 0.3) is 0 Å². The fourth-order valence-corrected chi connectivity index (χ4v) is 3.12. The van der Waals surface area contributed by atoms with Crippen LogP contribution >= 0.6 is 11.3 Å². The molecule has 0 bridgehead atoms.